The first-order valence-corrected chi connectivity index (χ1v) is 9.27. The minimum atomic E-state index is -0.0474. The zero-order chi connectivity index (χ0) is 17.1. The molecule has 0 atom stereocenters. The van der Waals surface area contributed by atoms with E-state index in [9.17, 15) is 4.79 Å². The maximum absolute atomic E-state index is 12.9. The highest BCUT2D eigenvalue weighted by molar-refractivity contribution is 8.13. The van der Waals surface area contributed by atoms with E-state index in [1.54, 1.807) is 40.9 Å². The number of aliphatic imine (C=N–C) groups is 1. The van der Waals surface area contributed by atoms with Crippen LogP contribution >= 0.6 is 23.4 Å². The minimum Gasteiger partial charge on any atom is -0.287 e. The molecule has 0 N–H and O–H groups in total. The third-order valence-corrected chi connectivity index (χ3v) is 5.18. The molecule has 1 aliphatic heterocycles. The van der Waals surface area contributed by atoms with Crippen molar-refractivity contribution in [1.29, 1.82) is 0 Å². The summed E-state index contributed by atoms with van der Waals surface area (Å²) in [6.45, 7) is 4.77. The normalized spacial score (nSPS) is 16.5. The van der Waals surface area contributed by atoms with Crippen LogP contribution in [0.15, 0.2) is 47.5 Å². The Kier molecular flexibility index (Phi) is 5.27. The van der Waals surface area contributed by atoms with Crippen molar-refractivity contribution in [3.05, 3.63) is 64.2 Å². The summed E-state index contributed by atoms with van der Waals surface area (Å²) in [5.41, 5.74) is 3.78. The van der Waals surface area contributed by atoms with Gasteiger partial charge in [0.25, 0.3) is 5.91 Å². The number of nitrogens with zero attached hydrogens (tertiary/aromatic N) is 2. The molecule has 24 heavy (non-hydrogen) atoms. The molecule has 0 saturated carbocycles. The molecule has 0 aromatic heterocycles. The Morgan fingerprint density at radius 2 is 2.04 bits per heavy atom. The Balaban J connectivity index is 1.95. The van der Waals surface area contributed by atoms with Gasteiger partial charge in [-0.3, -0.25) is 9.69 Å². The molecule has 0 unspecified atom stereocenters. The van der Waals surface area contributed by atoms with Gasteiger partial charge in [-0.25, -0.2) is 4.99 Å². The first kappa shape index (κ1) is 17.1. The number of benzene rings is 2. The van der Waals surface area contributed by atoms with Crippen LogP contribution in [0.4, 0.5) is 5.69 Å². The van der Waals surface area contributed by atoms with Crippen molar-refractivity contribution in [1.82, 2.24) is 4.90 Å². The fourth-order valence-electron chi connectivity index (χ4n) is 2.56. The Labute approximate surface area is 151 Å². The molecular formula is C19H19ClN2OS. The Hall–Kier alpha value is -1.78. The highest BCUT2D eigenvalue weighted by Crippen LogP contribution is 2.27. The number of halogens is 1. The second-order valence-corrected chi connectivity index (χ2v) is 7.35. The van der Waals surface area contributed by atoms with E-state index in [1.165, 1.54) is 0 Å². The van der Waals surface area contributed by atoms with Crippen molar-refractivity contribution >= 4 is 40.1 Å². The standard InChI is InChI=1S/C19H19ClN2OS/c1-13-7-8-14(2)17(11-13)21-19-22(9-4-10-24-19)18(23)15-5-3-6-16(20)12-15/h3,5-8,11-12H,4,9-10H2,1-2H3. The molecule has 1 fully saturated rings. The van der Waals surface area contributed by atoms with E-state index in [1.807, 2.05) is 13.8 Å². The van der Waals surface area contributed by atoms with Crippen LogP contribution in [0.2, 0.25) is 5.02 Å². The average molecular weight is 359 g/mol. The molecule has 1 saturated heterocycles. The largest absolute Gasteiger partial charge is 0.287 e. The molecule has 3 rings (SSSR count). The zero-order valence-corrected chi connectivity index (χ0v) is 15.3. The van der Waals surface area contributed by atoms with E-state index in [0.29, 0.717) is 17.1 Å². The van der Waals surface area contributed by atoms with Crippen LogP contribution in [0.5, 0.6) is 0 Å². The summed E-state index contributed by atoms with van der Waals surface area (Å²) in [6.07, 6.45) is 0.961. The molecule has 0 bridgehead atoms. The molecule has 1 aliphatic rings. The number of rotatable bonds is 2. The van der Waals surface area contributed by atoms with E-state index >= 15 is 0 Å². The molecule has 0 aliphatic carbocycles. The lowest BCUT2D eigenvalue weighted by Gasteiger charge is -2.28. The molecule has 0 spiro atoms. The Bertz CT molecular complexity index is 804. The maximum atomic E-state index is 12.9. The fourth-order valence-corrected chi connectivity index (χ4v) is 3.70. The molecule has 5 heteroatoms. The summed E-state index contributed by atoms with van der Waals surface area (Å²) in [6, 6.07) is 13.3. The topological polar surface area (TPSA) is 32.7 Å². The summed E-state index contributed by atoms with van der Waals surface area (Å²) in [7, 11) is 0. The van der Waals surface area contributed by atoms with Gasteiger partial charge in [-0.15, -0.1) is 0 Å². The Morgan fingerprint density at radius 3 is 2.83 bits per heavy atom. The molecule has 0 radical (unpaired) electrons. The van der Waals surface area contributed by atoms with Gasteiger partial charge in [0.2, 0.25) is 0 Å². The third kappa shape index (κ3) is 3.82. The van der Waals surface area contributed by atoms with Crippen molar-refractivity contribution in [2.45, 2.75) is 20.3 Å². The molecule has 2 aromatic carbocycles. The molecular weight excluding hydrogens is 340 g/mol. The first-order valence-electron chi connectivity index (χ1n) is 7.91. The Morgan fingerprint density at radius 1 is 1.21 bits per heavy atom. The van der Waals surface area contributed by atoms with Crippen molar-refractivity contribution < 1.29 is 4.79 Å². The van der Waals surface area contributed by atoms with Crippen LogP contribution in [0.3, 0.4) is 0 Å². The van der Waals surface area contributed by atoms with E-state index in [4.69, 9.17) is 16.6 Å². The molecule has 2 aromatic rings. The van der Waals surface area contributed by atoms with Gasteiger partial charge in [-0.1, -0.05) is 41.6 Å². The van der Waals surface area contributed by atoms with E-state index < -0.39 is 0 Å². The SMILES string of the molecule is Cc1ccc(C)c(N=C2SCCCN2C(=O)c2cccc(Cl)c2)c1. The number of aryl methyl sites for hydroxylation is 2. The highest BCUT2D eigenvalue weighted by Gasteiger charge is 2.25. The van der Waals surface area contributed by atoms with Crippen LogP contribution in [-0.2, 0) is 0 Å². The first-order chi connectivity index (χ1) is 11.5. The van der Waals surface area contributed by atoms with Crippen molar-refractivity contribution in [2.75, 3.05) is 12.3 Å². The number of carbonyl (C=O) groups is 1. The van der Waals surface area contributed by atoms with Crippen LogP contribution < -0.4 is 0 Å². The number of hydrogen-bond acceptors (Lipinski definition) is 3. The average Bonchev–Trinajstić information content (AvgIpc) is 2.58. The third-order valence-electron chi connectivity index (χ3n) is 3.89. The highest BCUT2D eigenvalue weighted by atomic mass is 35.5. The van der Waals surface area contributed by atoms with E-state index in [0.717, 1.165) is 34.2 Å². The van der Waals surface area contributed by atoms with Crippen molar-refractivity contribution in [3.8, 4) is 0 Å². The van der Waals surface area contributed by atoms with Crippen LogP contribution in [0.1, 0.15) is 27.9 Å². The second-order valence-electron chi connectivity index (χ2n) is 5.85. The summed E-state index contributed by atoms with van der Waals surface area (Å²) in [5.74, 6) is 0.928. The number of amidine groups is 1. The number of hydrogen-bond donors (Lipinski definition) is 0. The fraction of sp³-hybridized carbons (Fsp3) is 0.263. The van der Waals surface area contributed by atoms with Gasteiger partial charge >= 0.3 is 0 Å². The maximum Gasteiger partial charge on any atom is 0.259 e. The van der Waals surface area contributed by atoms with Crippen LogP contribution in [0.25, 0.3) is 0 Å². The van der Waals surface area contributed by atoms with Crippen molar-refractivity contribution in [2.24, 2.45) is 4.99 Å². The predicted molar refractivity (Wildman–Crippen MR) is 103 cm³/mol. The summed E-state index contributed by atoms with van der Waals surface area (Å²) >= 11 is 7.66. The number of carbonyl (C=O) groups excluding carboxylic acids is 1. The van der Waals surface area contributed by atoms with Crippen LogP contribution in [-0.4, -0.2) is 28.3 Å². The molecule has 1 heterocycles. The number of amides is 1. The lowest BCUT2D eigenvalue weighted by atomic mass is 10.1. The number of thioether (sulfide) groups is 1. The second kappa shape index (κ2) is 7.41. The molecule has 124 valence electrons. The molecule has 3 nitrogen and oxygen atoms in total. The van der Waals surface area contributed by atoms with Gasteiger partial charge in [0.15, 0.2) is 5.17 Å². The minimum absolute atomic E-state index is 0.0474. The molecule has 1 amide bonds. The smallest absolute Gasteiger partial charge is 0.259 e. The van der Waals surface area contributed by atoms with Gasteiger partial charge in [-0.05, 0) is 55.7 Å². The lowest BCUT2D eigenvalue weighted by molar-refractivity contribution is 0.0849. The zero-order valence-electron chi connectivity index (χ0n) is 13.8. The summed E-state index contributed by atoms with van der Waals surface area (Å²) in [4.78, 5) is 19.4. The monoisotopic (exact) mass is 358 g/mol. The predicted octanol–water partition coefficient (Wildman–Crippen LogP) is 5.22. The van der Waals surface area contributed by atoms with Gasteiger partial charge < -0.3 is 0 Å². The van der Waals surface area contributed by atoms with Crippen LogP contribution in [0, 0.1) is 13.8 Å². The van der Waals surface area contributed by atoms with Gasteiger partial charge in [0, 0.05) is 22.9 Å². The summed E-state index contributed by atoms with van der Waals surface area (Å²) < 4.78 is 0. The van der Waals surface area contributed by atoms with Gasteiger partial charge in [0.1, 0.15) is 0 Å². The lowest BCUT2D eigenvalue weighted by Crippen LogP contribution is -2.39. The quantitative estimate of drug-likeness (QED) is 0.736. The van der Waals surface area contributed by atoms with Gasteiger partial charge in [-0.2, -0.15) is 0 Å². The van der Waals surface area contributed by atoms with Crippen molar-refractivity contribution in [3.63, 3.8) is 0 Å². The van der Waals surface area contributed by atoms with Gasteiger partial charge in [0.05, 0.1) is 5.69 Å². The summed E-state index contributed by atoms with van der Waals surface area (Å²) in [5, 5.41) is 1.33. The van der Waals surface area contributed by atoms with E-state index in [-0.39, 0.29) is 5.91 Å². The van der Waals surface area contributed by atoms with E-state index in [2.05, 4.69) is 18.2 Å².